The van der Waals surface area contributed by atoms with Gasteiger partial charge in [0.1, 0.15) is 0 Å². The zero-order valence-corrected chi connectivity index (χ0v) is 22.7. The number of allylic oxidation sites excluding steroid dienone is 4. The van der Waals surface area contributed by atoms with Crippen molar-refractivity contribution in [1.29, 1.82) is 0 Å². The van der Waals surface area contributed by atoms with E-state index in [1.54, 1.807) is 0 Å². The van der Waals surface area contributed by atoms with Gasteiger partial charge in [-0.15, -0.1) is 0 Å². The summed E-state index contributed by atoms with van der Waals surface area (Å²) < 4.78 is 0. The van der Waals surface area contributed by atoms with Gasteiger partial charge in [-0.2, -0.15) is 0 Å². The molecule has 0 fully saturated rings. The van der Waals surface area contributed by atoms with Gasteiger partial charge in [0, 0.05) is 63.7 Å². The minimum atomic E-state index is -0.159. The first-order chi connectivity index (χ1) is 16.5. The van der Waals surface area contributed by atoms with E-state index in [9.17, 15) is 0 Å². The van der Waals surface area contributed by atoms with Crippen LogP contribution in [0.15, 0.2) is 90.3 Å². The average Bonchev–Trinajstić information content (AvgIpc) is 3.12. The summed E-state index contributed by atoms with van der Waals surface area (Å²) in [4.78, 5) is 4.64. The van der Waals surface area contributed by atoms with Crippen LogP contribution >= 0.6 is 23.2 Å². The van der Waals surface area contributed by atoms with Crippen molar-refractivity contribution in [1.82, 2.24) is 0 Å². The fraction of sp³-hybridized carbons (Fsp3) is 0.290. The van der Waals surface area contributed by atoms with Crippen molar-refractivity contribution < 1.29 is 0 Å². The normalized spacial score (nSPS) is 20.9. The average molecular weight is 504 g/mol. The highest BCUT2D eigenvalue weighted by Gasteiger charge is 2.41. The van der Waals surface area contributed by atoms with Crippen LogP contribution in [0.4, 0.5) is 11.4 Å². The molecule has 5 rings (SSSR count). The molecule has 180 valence electrons. The van der Waals surface area contributed by atoms with Crippen LogP contribution in [0.1, 0.15) is 50.3 Å². The number of likely N-dealkylation sites (N-methyl/N-ethyl adjacent to an activating group) is 2. The van der Waals surface area contributed by atoms with Gasteiger partial charge < -0.3 is 9.80 Å². The summed E-state index contributed by atoms with van der Waals surface area (Å²) >= 11 is 12.8. The summed E-state index contributed by atoms with van der Waals surface area (Å²) in [6.45, 7) is 9.15. The molecule has 0 saturated heterocycles. The van der Waals surface area contributed by atoms with E-state index >= 15 is 0 Å². The molecular formula is C31H32Cl2N2. The molecule has 1 unspecified atom stereocenters. The largest absolute Gasteiger partial charge is 0.347 e. The van der Waals surface area contributed by atoms with E-state index in [2.05, 4.69) is 118 Å². The molecular weight excluding hydrogens is 471 g/mol. The molecule has 0 aliphatic carbocycles. The number of anilines is 2. The molecule has 2 nitrogen and oxygen atoms in total. The molecule has 0 bridgehead atoms. The Morgan fingerprint density at radius 2 is 1.09 bits per heavy atom. The van der Waals surface area contributed by atoms with Crippen LogP contribution in [0, 0.1) is 0 Å². The Labute approximate surface area is 219 Å². The topological polar surface area (TPSA) is 6.48 Å². The number of rotatable bonds is 3. The van der Waals surface area contributed by atoms with Gasteiger partial charge in [-0.1, -0.05) is 93.4 Å². The molecule has 0 N–H and O–H groups in total. The number of nitrogens with zero attached hydrogens (tertiary/aromatic N) is 2. The van der Waals surface area contributed by atoms with Gasteiger partial charge >= 0.3 is 0 Å². The molecule has 3 aromatic rings. The second-order valence-corrected chi connectivity index (χ2v) is 11.6. The summed E-state index contributed by atoms with van der Waals surface area (Å²) in [5.41, 5.74) is 8.46. The lowest BCUT2D eigenvalue weighted by atomic mass is 9.80. The monoisotopic (exact) mass is 502 g/mol. The van der Waals surface area contributed by atoms with Gasteiger partial charge in [0.15, 0.2) is 0 Å². The SMILES string of the molecule is CN1/C(=C\C(/C=C2/N(C)c3ccc(Cl)cc3C2(C)C)c2ccccc2)C(C)(C)c2cc(Cl)ccc21. The Morgan fingerprint density at radius 1 is 0.657 bits per heavy atom. The van der Waals surface area contributed by atoms with E-state index in [4.69, 9.17) is 23.2 Å². The Balaban J connectivity index is 1.66. The first-order valence-electron chi connectivity index (χ1n) is 12.1. The summed E-state index contributed by atoms with van der Waals surface area (Å²) in [6.07, 6.45) is 4.85. The zero-order valence-electron chi connectivity index (χ0n) is 21.2. The quantitative estimate of drug-likeness (QED) is 0.353. The number of fused-ring (bicyclic) bond motifs is 2. The van der Waals surface area contributed by atoms with Gasteiger partial charge in [-0.25, -0.2) is 0 Å². The zero-order chi connectivity index (χ0) is 25.1. The van der Waals surface area contributed by atoms with Crippen LogP contribution in [0.25, 0.3) is 0 Å². The van der Waals surface area contributed by atoms with E-state index in [1.807, 2.05) is 12.1 Å². The third-order valence-electron chi connectivity index (χ3n) is 7.85. The molecule has 0 spiro atoms. The van der Waals surface area contributed by atoms with E-state index < -0.39 is 0 Å². The van der Waals surface area contributed by atoms with Crippen LogP contribution in [0.2, 0.25) is 10.0 Å². The van der Waals surface area contributed by atoms with Crippen molar-refractivity contribution in [2.24, 2.45) is 0 Å². The first kappa shape index (κ1) is 24.0. The fourth-order valence-corrected chi connectivity index (χ4v) is 6.22. The molecule has 2 heterocycles. The van der Waals surface area contributed by atoms with Crippen LogP contribution in [-0.2, 0) is 10.8 Å². The predicted molar refractivity (Wildman–Crippen MR) is 151 cm³/mol. The van der Waals surface area contributed by atoms with Crippen LogP contribution in [-0.4, -0.2) is 14.1 Å². The van der Waals surface area contributed by atoms with Crippen molar-refractivity contribution in [2.75, 3.05) is 23.9 Å². The van der Waals surface area contributed by atoms with Crippen molar-refractivity contribution in [2.45, 2.75) is 44.4 Å². The summed E-state index contributed by atoms with van der Waals surface area (Å²) in [6, 6.07) is 23.2. The lowest BCUT2D eigenvalue weighted by molar-refractivity contribution is 0.627. The number of hydrogen-bond acceptors (Lipinski definition) is 2. The summed E-state index contributed by atoms with van der Waals surface area (Å²) in [5.74, 6) is 0.0965. The molecule has 2 aliphatic rings. The smallest absolute Gasteiger partial charge is 0.0448 e. The van der Waals surface area contributed by atoms with E-state index in [-0.39, 0.29) is 16.7 Å². The molecule has 0 aromatic heterocycles. The highest BCUT2D eigenvalue weighted by molar-refractivity contribution is 6.31. The van der Waals surface area contributed by atoms with Gasteiger partial charge in [0.2, 0.25) is 0 Å². The maximum absolute atomic E-state index is 6.40. The number of halogens is 2. The van der Waals surface area contributed by atoms with Crippen molar-refractivity contribution in [3.63, 3.8) is 0 Å². The maximum atomic E-state index is 6.40. The van der Waals surface area contributed by atoms with Crippen molar-refractivity contribution >= 4 is 34.6 Å². The molecule has 2 aliphatic heterocycles. The van der Waals surface area contributed by atoms with Crippen LogP contribution in [0.3, 0.4) is 0 Å². The Bertz CT molecular complexity index is 1270. The number of benzene rings is 3. The van der Waals surface area contributed by atoms with Gasteiger partial charge in [0.25, 0.3) is 0 Å². The van der Waals surface area contributed by atoms with Crippen LogP contribution < -0.4 is 9.80 Å². The minimum Gasteiger partial charge on any atom is -0.347 e. The van der Waals surface area contributed by atoms with Crippen molar-refractivity contribution in [3.8, 4) is 0 Å². The minimum absolute atomic E-state index is 0.0965. The summed E-state index contributed by atoms with van der Waals surface area (Å²) in [5, 5.41) is 1.55. The van der Waals surface area contributed by atoms with Gasteiger partial charge in [0.05, 0.1) is 0 Å². The third kappa shape index (κ3) is 3.88. The second-order valence-electron chi connectivity index (χ2n) is 10.7. The summed E-state index contributed by atoms with van der Waals surface area (Å²) in [7, 11) is 4.32. The Hall–Kier alpha value is -2.68. The van der Waals surface area contributed by atoms with E-state index in [0.717, 1.165) is 10.0 Å². The molecule has 35 heavy (non-hydrogen) atoms. The van der Waals surface area contributed by atoms with E-state index in [1.165, 1.54) is 39.5 Å². The molecule has 1 atom stereocenters. The second kappa shape index (κ2) is 8.47. The Kier molecular flexibility index (Phi) is 5.81. The molecule has 0 amide bonds. The van der Waals surface area contributed by atoms with Crippen molar-refractivity contribution in [3.05, 3.63) is 117 Å². The van der Waals surface area contributed by atoms with Crippen LogP contribution in [0.5, 0.6) is 0 Å². The number of hydrogen-bond donors (Lipinski definition) is 0. The Morgan fingerprint density at radius 3 is 1.51 bits per heavy atom. The molecule has 0 saturated carbocycles. The highest BCUT2D eigenvalue weighted by Crippen LogP contribution is 2.51. The lowest BCUT2D eigenvalue weighted by Crippen LogP contribution is -2.25. The lowest BCUT2D eigenvalue weighted by Gasteiger charge is -2.28. The molecule has 3 aromatic carbocycles. The van der Waals surface area contributed by atoms with E-state index in [0.29, 0.717) is 0 Å². The highest BCUT2D eigenvalue weighted by atomic mass is 35.5. The predicted octanol–water partition coefficient (Wildman–Crippen LogP) is 8.70. The maximum Gasteiger partial charge on any atom is 0.0448 e. The molecule has 4 heteroatoms. The van der Waals surface area contributed by atoms with Gasteiger partial charge in [-0.05, 0) is 53.1 Å². The standard InChI is InChI=1S/C31H32Cl2N2/c1-30(2)24-18-22(32)12-14-26(24)34(5)28(30)16-21(20-10-8-7-9-11-20)17-29-31(3,4)25-19-23(33)13-15-27(25)35(29)6/h7-19,21H,1-6H3/b28-16-,29-17+. The molecule has 0 radical (unpaired) electrons. The fourth-order valence-electron chi connectivity index (χ4n) is 5.87. The first-order valence-corrected chi connectivity index (χ1v) is 12.8. The third-order valence-corrected chi connectivity index (χ3v) is 8.32. The van der Waals surface area contributed by atoms with Gasteiger partial charge in [-0.3, -0.25) is 0 Å².